The minimum absolute atomic E-state index is 0.128. The molecule has 5 N–H and O–H groups in total. The summed E-state index contributed by atoms with van der Waals surface area (Å²) in [6.45, 7) is 4.78. The Hall–Kier alpha value is -4.98. The van der Waals surface area contributed by atoms with E-state index >= 15 is 0 Å². The van der Waals surface area contributed by atoms with E-state index in [0.29, 0.717) is 36.6 Å². The summed E-state index contributed by atoms with van der Waals surface area (Å²) in [5.74, 6) is -1.10. The van der Waals surface area contributed by atoms with Gasteiger partial charge < -0.3 is 25.8 Å². The fourth-order valence-electron chi connectivity index (χ4n) is 5.58. The van der Waals surface area contributed by atoms with E-state index in [1.807, 2.05) is 26.1 Å². The number of hydrogen-bond donors (Lipinski definition) is 4. The van der Waals surface area contributed by atoms with Crippen molar-refractivity contribution in [1.82, 2.24) is 9.80 Å². The minimum atomic E-state index is -4.07. The molecule has 0 bridgehead atoms. The zero-order valence-corrected chi connectivity index (χ0v) is 28.3. The number of fused-ring (bicyclic) bond motifs is 1. The van der Waals surface area contributed by atoms with Gasteiger partial charge in [-0.3, -0.25) is 19.2 Å². The Morgan fingerprint density at radius 2 is 1.78 bits per heavy atom. The van der Waals surface area contributed by atoms with Crippen LogP contribution in [0.25, 0.3) is 0 Å². The van der Waals surface area contributed by atoms with Crippen LogP contribution >= 0.6 is 0 Å². The summed E-state index contributed by atoms with van der Waals surface area (Å²) in [6, 6.07) is 22.7. The molecule has 4 aromatic rings. The van der Waals surface area contributed by atoms with Crippen molar-refractivity contribution in [2.24, 2.45) is 5.92 Å². The Balaban J connectivity index is 1.32. The van der Waals surface area contributed by atoms with E-state index in [2.05, 4.69) is 14.9 Å². The fourth-order valence-corrected chi connectivity index (χ4v) is 6.63. The van der Waals surface area contributed by atoms with Crippen molar-refractivity contribution >= 4 is 38.9 Å². The lowest BCUT2D eigenvalue weighted by Gasteiger charge is -2.38. The van der Waals surface area contributed by atoms with Gasteiger partial charge in [0, 0.05) is 36.8 Å². The summed E-state index contributed by atoms with van der Waals surface area (Å²) in [5.41, 5.74) is 8.71. The molecule has 0 aromatic heterocycles. The van der Waals surface area contributed by atoms with E-state index in [0.717, 1.165) is 29.8 Å². The number of nitrogens with zero attached hydrogens (tertiary/aromatic N) is 2. The zero-order valence-electron chi connectivity index (χ0n) is 27.5. The number of para-hydroxylation sites is 2. The number of anilines is 3. The van der Waals surface area contributed by atoms with Gasteiger partial charge in [-0.2, -0.15) is 0 Å². The summed E-state index contributed by atoms with van der Waals surface area (Å²) in [4.78, 5) is 30.1. The third kappa shape index (κ3) is 8.55. The molecule has 4 aromatic carbocycles. The van der Waals surface area contributed by atoms with Crippen molar-refractivity contribution in [1.29, 1.82) is 0 Å². The number of ether oxygens (including phenoxy) is 1. The number of amides is 2. The summed E-state index contributed by atoms with van der Waals surface area (Å²) < 4.78 is 48.3. The summed E-state index contributed by atoms with van der Waals surface area (Å²) in [6.07, 6.45) is -0.381. The van der Waals surface area contributed by atoms with Gasteiger partial charge in [0.1, 0.15) is 17.7 Å². The number of rotatable bonds is 11. The van der Waals surface area contributed by atoms with Gasteiger partial charge in [0.25, 0.3) is 21.8 Å². The van der Waals surface area contributed by atoms with Gasteiger partial charge in [-0.25, -0.2) is 12.8 Å². The van der Waals surface area contributed by atoms with Gasteiger partial charge in [0.15, 0.2) is 0 Å². The number of sulfonamides is 1. The Morgan fingerprint density at radius 1 is 1.08 bits per heavy atom. The largest absolute Gasteiger partial charge is 0.488 e. The molecule has 49 heavy (non-hydrogen) atoms. The monoisotopic (exact) mass is 689 g/mol. The molecule has 0 saturated carbocycles. The van der Waals surface area contributed by atoms with E-state index in [4.69, 9.17) is 10.5 Å². The van der Waals surface area contributed by atoms with Crippen LogP contribution in [-0.2, 0) is 16.6 Å². The highest BCUT2D eigenvalue weighted by molar-refractivity contribution is 7.92. The van der Waals surface area contributed by atoms with E-state index in [9.17, 15) is 27.5 Å². The van der Waals surface area contributed by atoms with E-state index in [1.54, 1.807) is 54.3 Å². The van der Waals surface area contributed by atoms with Crippen molar-refractivity contribution in [2.45, 2.75) is 37.4 Å². The normalized spacial score (nSPS) is 17.0. The van der Waals surface area contributed by atoms with Gasteiger partial charge in [0.2, 0.25) is 0 Å². The number of benzene rings is 4. The van der Waals surface area contributed by atoms with E-state index < -0.39 is 27.8 Å². The van der Waals surface area contributed by atoms with Crippen molar-refractivity contribution in [3.05, 3.63) is 114 Å². The average molecular weight is 690 g/mol. The number of nitrogen functional groups attached to an aromatic ring is 1. The van der Waals surface area contributed by atoms with Crippen molar-refractivity contribution in [3.8, 4) is 5.75 Å². The third-order valence-electron chi connectivity index (χ3n) is 8.41. The van der Waals surface area contributed by atoms with Gasteiger partial charge in [0.05, 0.1) is 34.5 Å². The summed E-state index contributed by atoms with van der Waals surface area (Å²) in [5, 5.41) is 12.8. The molecule has 0 radical (unpaired) electrons. The quantitative estimate of drug-likeness (QED) is 0.164. The van der Waals surface area contributed by atoms with Crippen LogP contribution in [0.1, 0.15) is 40.1 Å². The second kappa shape index (κ2) is 15.1. The number of nitrogens with two attached hydrogens (primary N) is 1. The molecule has 0 aliphatic carbocycles. The van der Waals surface area contributed by atoms with Crippen molar-refractivity contribution in [3.63, 3.8) is 0 Å². The van der Waals surface area contributed by atoms with Crippen LogP contribution in [0.2, 0.25) is 0 Å². The zero-order chi connectivity index (χ0) is 35.3. The number of aliphatic hydroxyl groups excluding tert-OH is 1. The third-order valence-corrected chi connectivity index (χ3v) is 9.81. The smallest absolute Gasteiger partial charge is 0.261 e. The lowest BCUT2D eigenvalue weighted by molar-refractivity contribution is 0.0341. The SMILES string of the molecule is C[C@H](CO)N1C[C@H](C)[C@@H](CN(C)Cc2ccc(C(=O)Nc3ccccc3N)cc2)Oc2ccc(NS(=O)(=O)c3ccc(F)cc3)cc2C1=O. The number of carbonyl (C=O) groups is 2. The van der Waals surface area contributed by atoms with Gasteiger partial charge >= 0.3 is 0 Å². The van der Waals surface area contributed by atoms with Crippen molar-refractivity contribution < 1.29 is 32.2 Å². The highest BCUT2D eigenvalue weighted by Gasteiger charge is 2.34. The second-order valence-electron chi connectivity index (χ2n) is 12.3. The maximum atomic E-state index is 13.8. The molecule has 1 heterocycles. The number of halogens is 1. The second-order valence-corrected chi connectivity index (χ2v) is 14.0. The first-order valence-electron chi connectivity index (χ1n) is 15.8. The van der Waals surface area contributed by atoms with Crippen LogP contribution < -0.4 is 20.5 Å². The van der Waals surface area contributed by atoms with Gasteiger partial charge in [-0.1, -0.05) is 31.2 Å². The average Bonchev–Trinajstić information content (AvgIpc) is 3.07. The predicted octanol–water partition coefficient (Wildman–Crippen LogP) is 4.81. The molecule has 13 heteroatoms. The molecule has 3 atom stereocenters. The van der Waals surface area contributed by atoms with Crippen LogP contribution in [0.5, 0.6) is 5.75 Å². The molecule has 0 spiro atoms. The molecule has 5 rings (SSSR count). The first-order valence-corrected chi connectivity index (χ1v) is 17.3. The number of likely N-dealkylation sites (N-methyl/N-ethyl adjacent to an activating group) is 1. The topological polar surface area (TPSA) is 154 Å². The fraction of sp³-hybridized carbons (Fsp3) is 0.278. The molecule has 1 aliphatic heterocycles. The molecule has 2 amide bonds. The standard InChI is InChI=1S/C36H40FN5O6S/c1-23-19-42(24(2)22-43)36(45)30-18-28(40-49(46,47)29-15-12-27(37)13-16-29)14-17-33(30)48-34(23)21-41(3)20-25-8-10-26(11-9-25)35(44)39-32-7-5-4-6-31(32)38/h4-18,23-24,34,40,43H,19-22,38H2,1-3H3,(H,39,44)/t23-,24+,34+/m0/s1. The van der Waals surface area contributed by atoms with Gasteiger partial charge in [-0.05, 0) is 86.3 Å². The Labute approximate surface area is 285 Å². The molecule has 0 fully saturated rings. The Bertz CT molecular complexity index is 1910. The Morgan fingerprint density at radius 3 is 2.45 bits per heavy atom. The molecule has 258 valence electrons. The highest BCUT2D eigenvalue weighted by atomic mass is 32.2. The molecule has 11 nitrogen and oxygen atoms in total. The van der Waals surface area contributed by atoms with E-state index in [1.165, 1.54) is 12.1 Å². The van der Waals surface area contributed by atoms with Crippen LogP contribution in [0.15, 0.2) is 95.9 Å². The number of carbonyl (C=O) groups excluding carboxylic acids is 2. The lowest BCUT2D eigenvalue weighted by atomic mass is 9.99. The number of aliphatic hydroxyl groups is 1. The Kier molecular flexibility index (Phi) is 10.9. The molecule has 1 aliphatic rings. The molecule has 0 unspecified atom stereocenters. The van der Waals surface area contributed by atoms with Gasteiger partial charge in [-0.15, -0.1) is 0 Å². The van der Waals surface area contributed by atoms with E-state index in [-0.39, 0.29) is 46.4 Å². The summed E-state index contributed by atoms with van der Waals surface area (Å²) >= 11 is 0. The lowest BCUT2D eigenvalue weighted by Crippen LogP contribution is -2.49. The molecule has 0 saturated heterocycles. The maximum absolute atomic E-state index is 13.8. The number of nitrogens with one attached hydrogen (secondary N) is 2. The maximum Gasteiger partial charge on any atom is 0.261 e. The minimum Gasteiger partial charge on any atom is -0.488 e. The van der Waals surface area contributed by atoms with Crippen molar-refractivity contribution in [2.75, 3.05) is 42.5 Å². The highest BCUT2D eigenvalue weighted by Crippen LogP contribution is 2.31. The first kappa shape index (κ1) is 35.3. The predicted molar refractivity (Wildman–Crippen MR) is 186 cm³/mol. The van der Waals surface area contributed by atoms with Crippen LogP contribution in [-0.4, -0.2) is 74.0 Å². The van der Waals surface area contributed by atoms with Crippen LogP contribution in [0.4, 0.5) is 21.5 Å². The summed E-state index contributed by atoms with van der Waals surface area (Å²) in [7, 11) is -2.12. The molecular formula is C36H40FN5O6S. The first-order chi connectivity index (χ1) is 23.3. The number of hydrogen-bond acceptors (Lipinski definition) is 8. The molecular weight excluding hydrogens is 649 g/mol. The van der Waals surface area contributed by atoms with Crippen LogP contribution in [0, 0.1) is 11.7 Å². The van der Waals surface area contributed by atoms with Crippen LogP contribution in [0.3, 0.4) is 0 Å².